The van der Waals surface area contributed by atoms with E-state index >= 15 is 0 Å². The van der Waals surface area contributed by atoms with E-state index in [1.807, 2.05) is 18.5 Å². The Hall–Kier alpha value is -2.37. The van der Waals surface area contributed by atoms with E-state index in [0.717, 1.165) is 16.8 Å². The summed E-state index contributed by atoms with van der Waals surface area (Å²) in [7, 11) is 1.50. The molecule has 3 rings (SSSR count). The van der Waals surface area contributed by atoms with Crippen molar-refractivity contribution in [3.8, 4) is 5.75 Å². The molecule has 1 N–H and O–H groups in total. The summed E-state index contributed by atoms with van der Waals surface area (Å²) in [6, 6.07) is 4.56. The number of benzene rings is 1. The largest absolute Gasteiger partial charge is 0.497 e. The highest BCUT2D eigenvalue weighted by Gasteiger charge is 2.32. The molecule has 0 radical (unpaired) electrons. The predicted molar refractivity (Wildman–Crippen MR) is 80.7 cm³/mol. The first kappa shape index (κ1) is 14.6. The first-order valence-electron chi connectivity index (χ1n) is 7.25. The second-order valence-electron chi connectivity index (χ2n) is 5.39. The van der Waals surface area contributed by atoms with Gasteiger partial charge in [0.05, 0.1) is 7.11 Å². The summed E-state index contributed by atoms with van der Waals surface area (Å²) >= 11 is 0. The van der Waals surface area contributed by atoms with E-state index in [0.29, 0.717) is 18.1 Å². The van der Waals surface area contributed by atoms with Crippen LogP contribution in [0.25, 0.3) is 0 Å². The number of halogens is 1. The number of rotatable bonds is 3. The zero-order valence-electron chi connectivity index (χ0n) is 12.8. The van der Waals surface area contributed by atoms with Crippen molar-refractivity contribution >= 4 is 11.7 Å². The van der Waals surface area contributed by atoms with Gasteiger partial charge in [-0.15, -0.1) is 0 Å². The van der Waals surface area contributed by atoms with E-state index in [1.165, 1.54) is 19.2 Å². The number of methoxy groups -OCH3 is 1. The van der Waals surface area contributed by atoms with Gasteiger partial charge in [-0.1, -0.05) is 0 Å². The molecule has 0 fully saturated rings. The number of hydrogen-bond acceptors (Lipinski definition) is 3. The molecule has 1 aromatic carbocycles. The van der Waals surface area contributed by atoms with E-state index < -0.39 is 0 Å². The van der Waals surface area contributed by atoms with Gasteiger partial charge in [0, 0.05) is 36.2 Å². The summed E-state index contributed by atoms with van der Waals surface area (Å²) in [6.07, 6.45) is 0.274. The van der Waals surface area contributed by atoms with Crippen LogP contribution in [0.3, 0.4) is 0 Å². The van der Waals surface area contributed by atoms with Crippen LogP contribution in [-0.4, -0.2) is 22.8 Å². The van der Waals surface area contributed by atoms with E-state index in [1.54, 1.807) is 6.07 Å². The number of aromatic nitrogens is 2. The quantitative estimate of drug-likeness (QED) is 0.948. The van der Waals surface area contributed by atoms with Crippen LogP contribution >= 0.6 is 0 Å². The maximum absolute atomic E-state index is 13.8. The molecular formula is C16H18FN3O2. The summed E-state index contributed by atoms with van der Waals surface area (Å²) < 4.78 is 20.8. The molecule has 0 spiro atoms. The van der Waals surface area contributed by atoms with Gasteiger partial charge in [0.15, 0.2) is 5.82 Å². The number of nitrogens with one attached hydrogen (secondary N) is 1. The van der Waals surface area contributed by atoms with Crippen LogP contribution in [0, 0.1) is 12.7 Å². The van der Waals surface area contributed by atoms with Crippen molar-refractivity contribution in [2.45, 2.75) is 32.7 Å². The van der Waals surface area contributed by atoms with Gasteiger partial charge in [-0.05, 0) is 31.5 Å². The van der Waals surface area contributed by atoms with Gasteiger partial charge in [-0.3, -0.25) is 9.48 Å². The van der Waals surface area contributed by atoms with Gasteiger partial charge in [-0.25, -0.2) is 4.39 Å². The second-order valence-corrected chi connectivity index (χ2v) is 5.39. The topological polar surface area (TPSA) is 56.2 Å². The van der Waals surface area contributed by atoms with Crippen LogP contribution in [-0.2, 0) is 11.3 Å². The maximum atomic E-state index is 13.8. The molecule has 1 unspecified atom stereocenters. The minimum atomic E-state index is -0.373. The van der Waals surface area contributed by atoms with Gasteiger partial charge in [0.25, 0.3) is 0 Å². The Morgan fingerprint density at radius 1 is 1.45 bits per heavy atom. The highest BCUT2D eigenvalue weighted by Crippen LogP contribution is 2.39. The molecule has 1 aromatic heterocycles. The fraction of sp³-hybridized carbons (Fsp3) is 0.375. The number of aryl methyl sites for hydroxylation is 1. The van der Waals surface area contributed by atoms with Crippen molar-refractivity contribution < 1.29 is 13.9 Å². The molecule has 0 aliphatic carbocycles. The minimum Gasteiger partial charge on any atom is -0.497 e. The molecule has 0 saturated carbocycles. The fourth-order valence-corrected chi connectivity index (χ4v) is 3.04. The molecule has 0 saturated heterocycles. The Kier molecular flexibility index (Phi) is 3.60. The predicted octanol–water partition coefficient (Wildman–Crippen LogP) is 2.83. The van der Waals surface area contributed by atoms with Crippen LogP contribution in [0.1, 0.15) is 36.1 Å². The lowest BCUT2D eigenvalue weighted by Crippen LogP contribution is -2.23. The molecule has 1 aliphatic heterocycles. The van der Waals surface area contributed by atoms with Crippen molar-refractivity contribution in [2.24, 2.45) is 0 Å². The standard InChI is InChI=1S/C16H18FN3O2/c1-4-20-9(2)15-13(8-14(21)18-16(15)19-20)10-5-11(17)7-12(6-10)22-3/h5-7,13H,4,8H2,1-3H3,(H,18,19,21). The minimum absolute atomic E-state index is 0.110. The third-order valence-electron chi connectivity index (χ3n) is 4.08. The van der Waals surface area contributed by atoms with E-state index in [2.05, 4.69) is 10.4 Å². The molecule has 1 aliphatic rings. The third kappa shape index (κ3) is 2.34. The Bertz CT molecular complexity index is 739. The Morgan fingerprint density at radius 3 is 2.91 bits per heavy atom. The number of carbonyl (C=O) groups excluding carboxylic acids is 1. The van der Waals surface area contributed by atoms with Gasteiger partial charge in [-0.2, -0.15) is 5.10 Å². The normalized spacial score (nSPS) is 17.1. The van der Waals surface area contributed by atoms with Gasteiger partial charge in [0.2, 0.25) is 5.91 Å². The average Bonchev–Trinajstić information content (AvgIpc) is 2.81. The summed E-state index contributed by atoms with van der Waals surface area (Å²) in [5, 5.41) is 7.22. The summed E-state index contributed by atoms with van der Waals surface area (Å²) in [4.78, 5) is 12.0. The summed E-state index contributed by atoms with van der Waals surface area (Å²) in [5.74, 6) is 0.324. The molecule has 0 bridgehead atoms. The van der Waals surface area contributed by atoms with Crippen molar-refractivity contribution in [1.29, 1.82) is 0 Å². The second kappa shape index (κ2) is 5.44. The first-order chi connectivity index (χ1) is 10.5. The Morgan fingerprint density at radius 2 is 2.23 bits per heavy atom. The van der Waals surface area contributed by atoms with Gasteiger partial charge in [0.1, 0.15) is 11.6 Å². The zero-order chi connectivity index (χ0) is 15.9. The number of amides is 1. The maximum Gasteiger partial charge on any atom is 0.226 e. The number of ether oxygens (including phenoxy) is 1. The van der Waals surface area contributed by atoms with Gasteiger partial charge >= 0.3 is 0 Å². The number of anilines is 1. The summed E-state index contributed by atoms with van der Waals surface area (Å²) in [5.41, 5.74) is 2.67. The molecule has 6 heteroatoms. The van der Waals surface area contributed by atoms with Crippen LogP contribution < -0.4 is 10.1 Å². The lowest BCUT2D eigenvalue weighted by atomic mass is 9.85. The molecular weight excluding hydrogens is 285 g/mol. The number of carbonyl (C=O) groups is 1. The van der Waals surface area contributed by atoms with Crippen LogP contribution in [0.2, 0.25) is 0 Å². The SMILES string of the molecule is CCn1nc2c(c1C)C(c1cc(F)cc(OC)c1)CC(=O)N2. The first-order valence-corrected chi connectivity index (χ1v) is 7.25. The van der Waals surface area contributed by atoms with Crippen LogP contribution in [0.15, 0.2) is 18.2 Å². The number of nitrogens with zero attached hydrogens (tertiary/aromatic N) is 2. The van der Waals surface area contributed by atoms with E-state index in [9.17, 15) is 9.18 Å². The van der Waals surface area contributed by atoms with E-state index in [4.69, 9.17) is 4.74 Å². The average molecular weight is 303 g/mol. The number of fused-ring (bicyclic) bond motifs is 1. The zero-order valence-corrected chi connectivity index (χ0v) is 12.8. The van der Waals surface area contributed by atoms with Crippen molar-refractivity contribution in [2.75, 3.05) is 12.4 Å². The highest BCUT2D eigenvalue weighted by atomic mass is 19.1. The molecule has 2 aromatic rings. The van der Waals surface area contributed by atoms with E-state index in [-0.39, 0.29) is 24.1 Å². The van der Waals surface area contributed by atoms with Crippen molar-refractivity contribution in [3.05, 3.63) is 40.8 Å². The van der Waals surface area contributed by atoms with Crippen LogP contribution in [0.4, 0.5) is 10.2 Å². The Balaban J connectivity index is 2.14. The lowest BCUT2D eigenvalue weighted by molar-refractivity contribution is -0.116. The molecule has 22 heavy (non-hydrogen) atoms. The molecule has 5 nitrogen and oxygen atoms in total. The molecule has 2 heterocycles. The molecule has 1 atom stereocenters. The molecule has 1 amide bonds. The molecule has 116 valence electrons. The number of hydrogen-bond donors (Lipinski definition) is 1. The van der Waals surface area contributed by atoms with Crippen molar-refractivity contribution in [3.63, 3.8) is 0 Å². The fourth-order valence-electron chi connectivity index (χ4n) is 3.04. The lowest BCUT2D eigenvalue weighted by Gasteiger charge is -2.23. The smallest absolute Gasteiger partial charge is 0.226 e. The third-order valence-corrected chi connectivity index (χ3v) is 4.08. The summed E-state index contributed by atoms with van der Waals surface area (Å²) in [6.45, 7) is 4.68. The highest BCUT2D eigenvalue weighted by molar-refractivity contribution is 5.94. The monoisotopic (exact) mass is 303 g/mol. The van der Waals surface area contributed by atoms with Crippen LogP contribution in [0.5, 0.6) is 5.75 Å². The van der Waals surface area contributed by atoms with Crippen molar-refractivity contribution in [1.82, 2.24) is 9.78 Å². The Labute approximate surface area is 128 Å². The van der Waals surface area contributed by atoms with Gasteiger partial charge < -0.3 is 10.1 Å².